The van der Waals surface area contributed by atoms with Crippen LogP contribution in [0.25, 0.3) is 0 Å². The first-order valence-corrected chi connectivity index (χ1v) is 12.8. The Kier molecular flexibility index (Phi) is 4.46. The third kappa shape index (κ3) is 2.55. The Morgan fingerprint density at radius 1 is 1.17 bits per heavy atom. The topological polar surface area (TPSA) is 41.5 Å². The van der Waals surface area contributed by atoms with Gasteiger partial charge < -0.3 is 15.2 Å². The lowest BCUT2D eigenvalue weighted by molar-refractivity contribution is -0.0549. The van der Waals surface area contributed by atoms with Gasteiger partial charge in [-0.2, -0.15) is 0 Å². The molecule has 30 heavy (non-hydrogen) atoms. The highest BCUT2D eigenvalue weighted by molar-refractivity contribution is 5.38. The van der Waals surface area contributed by atoms with Gasteiger partial charge in [0, 0.05) is 12.0 Å². The van der Waals surface area contributed by atoms with Gasteiger partial charge in [0.25, 0.3) is 0 Å². The first-order valence-electron chi connectivity index (χ1n) is 12.8. The Morgan fingerprint density at radius 3 is 2.83 bits per heavy atom. The van der Waals surface area contributed by atoms with E-state index in [1.165, 1.54) is 38.5 Å². The lowest BCUT2D eigenvalue weighted by Crippen LogP contribution is -2.49. The largest absolute Gasteiger partial charge is 0.393 e. The molecule has 6 aliphatic rings. The number of nitrogens with one attached hydrogen (secondary N) is 1. The summed E-state index contributed by atoms with van der Waals surface area (Å²) in [5.41, 5.74) is 5.25. The zero-order valence-corrected chi connectivity index (χ0v) is 19.4. The molecule has 0 amide bonds. The van der Waals surface area contributed by atoms with Crippen LogP contribution in [0.3, 0.4) is 0 Å². The van der Waals surface area contributed by atoms with E-state index in [1.54, 1.807) is 16.7 Å². The van der Waals surface area contributed by atoms with Crippen molar-refractivity contribution >= 4 is 0 Å². The SMILES string of the molecule is CC1=C2C[C@H]3C(CC=C4CC(O)CCC43C)[C@@H]2CCC12O[C@@H]1CC(C)CNC1[C@H]2C. The zero-order valence-electron chi connectivity index (χ0n) is 19.4. The molecular formula is C27H41NO2. The van der Waals surface area contributed by atoms with Gasteiger partial charge in [-0.1, -0.05) is 38.0 Å². The van der Waals surface area contributed by atoms with Gasteiger partial charge in [0.1, 0.15) is 0 Å². The third-order valence-electron chi connectivity index (χ3n) is 10.9. The Bertz CT molecular complexity index is 801. The third-order valence-corrected chi connectivity index (χ3v) is 10.9. The van der Waals surface area contributed by atoms with Crippen molar-refractivity contribution in [2.24, 2.45) is 35.0 Å². The van der Waals surface area contributed by atoms with Gasteiger partial charge in [0.15, 0.2) is 0 Å². The number of aliphatic hydroxyl groups excluding tert-OH is 1. The van der Waals surface area contributed by atoms with Crippen LogP contribution in [-0.4, -0.2) is 35.5 Å². The fourth-order valence-corrected chi connectivity index (χ4v) is 9.09. The minimum absolute atomic E-state index is 0.0222. The molecule has 3 heteroatoms. The van der Waals surface area contributed by atoms with Crippen LogP contribution in [0.1, 0.15) is 79.1 Å². The average molecular weight is 412 g/mol. The summed E-state index contributed by atoms with van der Waals surface area (Å²) in [5.74, 6) is 3.64. The molecule has 3 nitrogen and oxygen atoms in total. The normalized spacial score (nSPS) is 55.0. The second kappa shape index (κ2) is 6.68. The summed E-state index contributed by atoms with van der Waals surface area (Å²) in [5, 5.41) is 14.1. The second-order valence-electron chi connectivity index (χ2n) is 12.2. The summed E-state index contributed by atoms with van der Waals surface area (Å²) in [7, 11) is 0. The van der Waals surface area contributed by atoms with Gasteiger partial charge in [-0.25, -0.2) is 0 Å². The smallest absolute Gasteiger partial charge is 0.0937 e. The molecule has 10 atom stereocenters. The van der Waals surface area contributed by atoms with Crippen LogP contribution in [0, 0.1) is 35.0 Å². The van der Waals surface area contributed by atoms with Crippen LogP contribution in [0.4, 0.5) is 0 Å². The minimum atomic E-state index is -0.111. The fraction of sp³-hybridized carbons (Fsp3) is 0.852. The average Bonchev–Trinajstić information content (AvgIpc) is 3.23. The molecule has 1 spiro atoms. The van der Waals surface area contributed by atoms with Gasteiger partial charge in [-0.15, -0.1) is 0 Å². The maximum atomic E-state index is 10.3. The predicted octanol–water partition coefficient (Wildman–Crippen LogP) is 5.00. The molecule has 0 aromatic rings. The number of piperidine rings is 1. The number of ether oxygens (including phenoxy) is 1. The second-order valence-corrected chi connectivity index (χ2v) is 12.2. The zero-order chi connectivity index (χ0) is 20.8. The van der Waals surface area contributed by atoms with Gasteiger partial charge in [-0.3, -0.25) is 0 Å². The molecule has 2 N–H and O–H groups in total. The molecule has 2 aliphatic heterocycles. The molecular weight excluding hydrogens is 370 g/mol. The fourth-order valence-electron chi connectivity index (χ4n) is 9.09. The van der Waals surface area contributed by atoms with E-state index in [1.807, 2.05) is 0 Å². The van der Waals surface area contributed by atoms with Crippen molar-refractivity contribution in [2.45, 2.75) is 103 Å². The van der Waals surface area contributed by atoms with E-state index in [-0.39, 0.29) is 11.7 Å². The quantitative estimate of drug-likeness (QED) is 0.551. The summed E-state index contributed by atoms with van der Waals surface area (Å²) in [6, 6.07) is 0.530. The van der Waals surface area contributed by atoms with Crippen LogP contribution in [-0.2, 0) is 4.74 Å². The van der Waals surface area contributed by atoms with Gasteiger partial charge in [0.2, 0.25) is 0 Å². The predicted molar refractivity (Wildman–Crippen MR) is 120 cm³/mol. The molecule has 2 saturated carbocycles. The standard InChI is InChI=1S/C27H41NO2/c1-15-11-24-25(28-14-15)17(3)27(30-24)10-8-20-21-6-5-18-12-19(29)7-9-26(18,4)23(21)13-22(20)16(27)2/h5,15,17,19-21,23-25,28-29H,6-14H2,1-4H3/t15?,17-,19?,20+,21?,23+,24-,25?,26?,27?/m1/s1. The molecule has 4 aliphatic carbocycles. The molecule has 4 fully saturated rings. The summed E-state index contributed by atoms with van der Waals surface area (Å²) in [6.07, 6.45) is 12.2. The van der Waals surface area contributed by atoms with Crippen LogP contribution < -0.4 is 5.32 Å². The summed E-state index contributed by atoms with van der Waals surface area (Å²) in [6.45, 7) is 10.9. The van der Waals surface area contributed by atoms with Crippen molar-refractivity contribution < 1.29 is 9.84 Å². The number of hydrogen-bond donors (Lipinski definition) is 2. The Hall–Kier alpha value is -0.640. The van der Waals surface area contributed by atoms with Crippen LogP contribution in [0.15, 0.2) is 22.8 Å². The molecule has 2 heterocycles. The van der Waals surface area contributed by atoms with Crippen LogP contribution in [0.5, 0.6) is 0 Å². The highest BCUT2D eigenvalue weighted by Gasteiger charge is 2.60. The lowest BCUT2D eigenvalue weighted by atomic mass is 9.56. The summed E-state index contributed by atoms with van der Waals surface area (Å²) >= 11 is 0. The maximum Gasteiger partial charge on any atom is 0.0937 e. The van der Waals surface area contributed by atoms with E-state index >= 15 is 0 Å². The molecule has 166 valence electrons. The van der Waals surface area contributed by atoms with Crippen molar-refractivity contribution in [3.63, 3.8) is 0 Å². The van der Waals surface area contributed by atoms with E-state index < -0.39 is 0 Å². The molecule has 6 unspecified atom stereocenters. The molecule has 0 aromatic heterocycles. The monoisotopic (exact) mass is 411 g/mol. The number of fused-ring (bicyclic) bond motifs is 6. The summed E-state index contributed by atoms with van der Waals surface area (Å²) < 4.78 is 7.03. The van der Waals surface area contributed by atoms with Crippen molar-refractivity contribution in [1.82, 2.24) is 5.32 Å². The lowest BCUT2D eigenvalue weighted by Gasteiger charge is -2.49. The Balaban J connectivity index is 1.34. The van der Waals surface area contributed by atoms with Crippen molar-refractivity contribution in [1.29, 1.82) is 0 Å². The molecule has 0 aromatic carbocycles. The Morgan fingerprint density at radius 2 is 2.00 bits per heavy atom. The minimum Gasteiger partial charge on any atom is -0.393 e. The Labute approximate surface area is 182 Å². The van der Waals surface area contributed by atoms with E-state index in [0.29, 0.717) is 23.5 Å². The summed E-state index contributed by atoms with van der Waals surface area (Å²) in [4.78, 5) is 0. The number of hydrogen-bond acceptors (Lipinski definition) is 3. The van der Waals surface area contributed by atoms with Gasteiger partial charge >= 0.3 is 0 Å². The van der Waals surface area contributed by atoms with E-state index in [4.69, 9.17) is 4.74 Å². The van der Waals surface area contributed by atoms with Gasteiger partial charge in [0.05, 0.1) is 17.8 Å². The first-order chi connectivity index (χ1) is 14.3. The van der Waals surface area contributed by atoms with E-state index in [0.717, 1.165) is 43.1 Å². The highest BCUT2D eigenvalue weighted by atomic mass is 16.5. The first kappa shape index (κ1) is 20.0. The molecule has 6 rings (SSSR count). The number of allylic oxidation sites excluding steroid dienone is 2. The van der Waals surface area contributed by atoms with Crippen molar-refractivity contribution in [2.75, 3.05) is 6.54 Å². The van der Waals surface area contributed by atoms with Crippen LogP contribution >= 0.6 is 0 Å². The molecule has 0 radical (unpaired) electrons. The number of rotatable bonds is 0. The van der Waals surface area contributed by atoms with Crippen LogP contribution in [0.2, 0.25) is 0 Å². The highest BCUT2D eigenvalue weighted by Crippen LogP contribution is 2.65. The molecule has 2 saturated heterocycles. The number of aliphatic hydroxyl groups is 1. The molecule has 0 bridgehead atoms. The van der Waals surface area contributed by atoms with Crippen molar-refractivity contribution in [3.05, 3.63) is 22.8 Å². The van der Waals surface area contributed by atoms with E-state index in [9.17, 15) is 5.11 Å². The van der Waals surface area contributed by atoms with Crippen molar-refractivity contribution in [3.8, 4) is 0 Å². The van der Waals surface area contributed by atoms with E-state index in [2.05, 4.69) is 39.1 Å². The maximum absolute atomic E-state index is 10.3. The van der Waals surface area contributed by atoms with Gasteiger partial charge in [-0.05, 0) is 99.5 Å².